The number of aromatic nitrogens is 1. The molecule has 0 unspecified atom stereocenters. The molecule has 1 aromatic carbocycles. The van der Waals surface area contributed by atoms with Gasteiger partial charge >= 0.3 is 5.97 Å². The van der Waals surface area contributed by atoms with Crippen molar-refractivity contribution in [2.24, 2.45) is 0 Å². The SMILES string of the molecule is CC(C)(C)c1ccc(Oc2ccc(Br)cc2C(=O)O)nc1. The molecule has 2 aromatic rings. The van der Waals surface area contributed by atoms with Crippen LogP contribution in [-0.4, -0.2) is 16.1 Å². The van der Waals surface area contributed by atoms with E-state index in [2.05, 4.69) is 41.7 Å². The number of nitrogens with zero attached hydrogens (tertiary/aromatic N) is 1. The van der Waals surface area contributed by atoms with Crippen LogP contribution < -0.4 is 4.74 Å². The predicted octanol–water partition coefficient (Wildman–Crippen LogP) is 4.63. The first kappa shape index (κ1) is 15.5. The Kier molecular flexibility index (Phi) is 4.32. The van der Waals surface area contributed by atoms with Gasteiger partial charge in [-0.05, 0) is 29.2 Å². The van der Waals surface area contributed by atoms with E-state index in [0.717, 1.165) is 5.56 Å². The minimum Gasteiger partial charge on any atom is -0.478 e. The number of hydrogen-bond donors (Lipinski definition) is 1. The second kappa shape index (κ2) is 5.85. The summed E-state index contributed by atoms with van der Waals surface area (Å²) in [5.41, 5.74) is 1.19. The van der Waals surface area contributed by atoms with Crippen molar-refractivity contribution in [1.82, 2.24) is 4.98 Å². The number of pyridine rings is 1. The highest BCUT2D eigenvalue weighted by atomic mass is 79.9. The summed E-state index contributed by atoms with van der Waals surface area (Å²) in [6.45, 7) is 6.30. The molecule has 0 bridgehead atoms. The monoisotopic (exact) mass is 349 g/mol. The van der Waals surface area contributed by atoms with Crippen molar-refractivity contribution in [2.75, 3.05) is 0 Å². The van der Waals surface area contributed by atoms with Crippen molar-refractivity contribution in [3.63, 3.8) is 0 Å². The number of hydrogen-bond acceptors (Lipinski definition) is 3. The molecule has 0 radical (unpaired) electrons. The van der Waals surface area contributed by atoms with Crippen LogP contribution in [0.15, 0.2) is 41.0 Å². The molecule has 0 saturated heterocycles. The van der Waals surface area contributed by atoms with Crippen LogP contribution in [0.4, 0.5) is 0 Å². The number of carboxylic acids is 1. The Balaban J connectivity index is 2.28. The third-order valence-electron chi connectivity index (χ3n) is 2.99. The van der Waals surface area contributed by atoms with E-state index < -0.39 is 5.97 Å². The summed E-state index contributed by atoms with van der Waals surface area (Å²) in [5.74, 6) is -0.410. The highest BCUT2D eigenvalue weighted by Gasteiger charge is 2.16. The Morgan fingerprint density at radius 2 is 1.95 bits per heavy atom. The molecule has 21 heavy (non-hydrogen) atoms. The molecule has 110 valence electrons. The van der Waals surface area contributed by atoms with Crippen molar-refractivity contribution in [3.8, 4) is 11.6 Å². The van der Waals surface area contributed by atoms with Gasteiger partial charge < -0.3 is 9.84 Å². The minimum atomic E-state index is -1.04. The van der Waals surface area contributed by atoms with E-state index in [-0.39, 0.29) is 16.7 Å². The van der Waals surface area contributed by atoms with Crippen LogP contribution in [0.25, 0.3) is 0 Å². The molecule has 4 nitrogen and oxygen atoms in total. The maximum Gasteiger partial charge on any atom is 0.339 e. The largest absolute Gasteiger partial charge is 0.478 e. The van der Waals surface area contributed by atoms with Crippen molar-refractivity contribution in [3.05, 3.63) is 52.1 Å². The van der Waals surface area contributed by atoms with Crippen molar-refractivity contribution in [1.29, 1.82) is 0 Å². The average Bonchev–Trinajstić information content (AvgIpc) is 2.40. The van der Waals surface area contributed by atoms with Crippen molar-refractivity contribution >= 4 is 21.9 Å². The summed E-state index contributed by atoms with van der Waals surface area (Å²) in [7, 11) is 0. The van der Waals surface area contributed by atoms with Gasteiger partial charge in [0.15, 0.2) is 0 Å². The summed E-state index contributed by atoms with van der Waals surface area (Å²) in [4.78, 5) is 15.5. The lowest BCUT2D eigenvalue weighted by atomic mass is 9.88. The van der Waals surface area contributed by atoms with E-state index in [0.29, 0.717) is 10.4 Å². The fourth-order valence-electron chi connectivity index (χ4n) is 1.76. The Morgan fingerprint density at radius 1 is 1.24 bits per heavy atom. The third kappa shape index (κ3) is 3.82. The molecule has 0 fully saturated rings. The number of halogens is 1. The van der Waals surface area contributed by atoms with Crippen molar-refractivity contribution in [2.45, 2.75) is 26.2 Å². The zero-order valence-electron chi connectivity index (χ0n) is 12.1. The molecule has 0 atom stereocenters. The fourth-order valence-corrected chi connectivity index (χ4v) is 2.12. The summed E-state index contributed by atoms with van der Waals surface area (Å²) in [6.07, 6.45) is 1.74. The van der Waals surface area contributed by atoms with E-state index in [9.17, 15) is 9.90 Å². The summed E-state index contributed by atoms with van der Waals surface area (Å²) in [5, 5.41) is 9.20. The molecular weight excluding hydrogens is 334 g/mol. The molecule has 2 rings (SSSR count). The van der Waals surface area contributed by atoms with E-state index in [4.69, 9.17) is 4.74 Å². The quantitative estimate of drug-likeness (QED) is 0.877. The molecule has 0 aliphatic rings. The Hall–Kier alpha value is -1.88. The van der Waals surface area contributed by atoms with E-state index >= 15 is 0 Å². The highest BCUT2D eigenvalue weighted by molar-refractivity contribution is 9.10. The van der Waals surface area contributed by atoms with Gasteiger partial charge in [-0.2, -0.15) is 0 Å². The molecule has 0 aliphatic carbocycles. The Morgan fingerprint density at radius 3 is 2.48 bits per heavy atom. The molecule has 1 heterocycles. The van der Waals surface area contributed by atoms with Crippen LogP contribution in [0.3, 0.4) is 0 Å². The van der Waals surface area contributed by atoms with Crippen LogP contribution >= 0.6 is 15.9 Å². The normalized spacial score (nSPS) is 11.2. The molecule has 5 heteroatoms. The van der Waals surface area contributed by atoms with Gasteiger partial charge in [0.25, 0.3) is 0 Å². The zero-order valence-corrected chi connectivity index (χ0v) is 13.6. The van der Waals surface area contributed by atoms with Crippen LogP contribution in [0.2, 0.25) is 0 Å². The molecular formula is C16H16BrNO3. The minimum absolute atomic E-state index is 0.00929. The first-order valence-electron chi connectivity index (χ1n) is 6.44. The van der Waals surface area contributed by atoms with Gasteiger partial charge in [-0.25, -0.2) is 9.78 Å². The van der Waals surface area contributed by atoms with Gasteiger partial charge in [0, 0.05) is 16.7 Å². The molecule has 0 saturated carbocycles. The molecule has 0 amide bonds. The third-order valence-corrected chi connectivity index (χ3v) is 3.48. The number of aromatic carboxylic acids is 1. The lowest BCUT2D eigenvalue weighted by Gasteiger charge is -2.18. The first-order chi connectivity index (χ1) is 9.77. The topological polar surface area (TPSA) is 59.4 Å². The van der Waals surface area contributed by atoms with Gasteiger partial charge in [-0.3, -0.25) is 0 Å². The number of benzene rings is 1. The Labute approximate surface area is 131 Å². The van der Waals surface area contributed by atoms with Gasteiger partial charge in [0.1, 0.15) is 11.3 Å². The molecule has 0 aliphatic heterocycles. The molecule has 1 aromatic heterocycles. The smallest absolute Gasteiger partial charge is 0.339 e. The maximum absolute atomic E-state index is 11.2. The van der Waals surface area contributed by atoms with Crippen LogP contribution in [0, 0.1) is 0 Å². The maximum atomic E-state index is 11.2. The number of rotatable bonds is 3. The summed E-state index contributed by atoms with van der Waals surface area (Å²) in [6, 6.07) is 8.51. The standard InChI is InChI=1S/C16H16BrNO3/c1-16(2,3)10-4-7-14(18-9-10)21-13-6-5-11(17)8-12(13)15(19)20/h4-9H,1-3H3,(H,19,20). The number of carboxylic acid groups (broad SMARTS) is 1. The second-order valence-corrected chi connectivity index (χ2v) is 6.60. The molecule has 0 spiro atoms. The fraction of sp³-hybridized carbons (Fsp3) is 0.250. The average molecular weight is 350 g/mol. The Bertz CT molecular complexity index is 660. The summed E-state index contributed by atoms with van der Waals surface area (Å²) < 4.78 is 6.26. The van der Waals surface area contributed by atoms with Gasteiger partial charge in [0.05, 0.1) is 0 Å². The van der Waals surface area contributed by atoms with Gasteiger partial charge in [-0.1, -0.05) is 42.8 Å². The number of carbonyl (C=O) groups is 1. The highest BCUT2D eigenvalue weighted by Crippen LogP contribution is 2.28. The predicted molar refractivity (Wildman–Crippen MR) is 84.1 cm³/mol. The lowest BCUT2D eigenvalue weighted by molar-refractivity contribution is 0.0694. The van der Waals surface area contributed by atoms with Crippen LogP contribution in [0.5, 0.6) is 11.6 Å². The molecule has 1 N–H and O–H groups in total. The number of ether oxygens (including phenoxy) is 1. The van der Waals surface area contributed by atoms with Gasteiger partial charge in [-0.15, -0.1) is 0 Å². The van der Waals surface area contributed by atoms with E-state index in [1.54, 1.807) is 24.4 Å². The van der Waals surface area contributed by atoms with E-state index in [1.807, 2.05) is 6.07 Å². The first-order valence-corrected chi connectivity index (χ1v) is 7.24. The van der Waals surface area contributed by atoms with Crippen LogP contribution in [-0.2, 0) is 5.41 Å². The van der Waals surface area contributed by atoms with E-state index in [1.165, 1.54) is 6.07 Å². The second-order valence-electron chi connectivity index (χ2n) is 5.68. The zero-order chi connectivity index (χ0) is 15.6. The van der Waals surface area contributed by atoms with Crippen LogP contribution in [0.1, 0.15) is 36.7 Å². The van der Waals surface area contributed by atoms with Gasteiger partial charge in [0.2, 0.25) is 5.88 Å². The lowest BCUT2D eigenvalue weighted by Crippen LogP contribution is -2.11. The summed E-state index contributed by atoms with van der Waals surface area (Å²) >= 11 is 3.25. The van der Waals surface area contributed by atoms with Crippen molar-refractivity contribution < 1.29 is 14.6 Å².